The van der Waals surface area contributed by atoms with E-state index < -0.39 is 0 Å². The first-order valence-electron chi connectivity index (χ1n) is 8.72. The number of aryl methyl sites for hydroxylation is 1. The number of benzene rings is 2. The van der Waals surface area contributed by atoms with Gasteiger partial charge in [0.1, 0.15) is 11.6 Å². The van der Waals surface area contributed by atoms with Crippen molar-refractivity contribution in [2.75, 3.05) is 50.1 Å². The lowest BCUT2D eigenvalue weighted by Crippen LogP contribution is -2.48. The van der Waals surface area contributed by atoms with Crippen molar-refractivity contribution in [2.24, 2.45) is 0 Å². The molecule has 0 spiro atoms. The molecule has 3 rings (SSSR count). The summed E-state index contributed by atoms with van der Waals surface area (Å²) in [4.78, 5) is 16.6. The van der Waals surface area contributed by atoms with Crippen LogP contribution in [-0.2, 0) is 4.79 Å². The van der Waals surface area contributed by atoms with Crippen molar-refractivity contribution in [3.05, 3.63) is 53.8 Å². The van der Waals surface area contributed by atoms with Gasteiger partial charge in [0.25, 0.3) is 0 Å². The molecular weight excluding hydrogens is 333 g/mol. The van der Waals surface area contributed by atoms with Crippen LogP contribution in [0.2, 0.25) is 0 Å². The minimum atomic E-state index is -0.309. The number of hydrogen-bond acceptors (Lipinski definition) is 4. The zero-order valence-corrected chi connectivity index (χ0v) is 15.2. The Labute approximate surface area is 153 Å². The van der Waals surface area contributed by atoms with E-state index >= 15 is 0 Å². The molecule has 1 heterocycles. The van der Waals surface area contributed by atoms with E-state index in [1.54, 1.807) is 26.2 Å². The van der Waals surface area contributed by atoms with Crippen molar-refractivity contribution in [3.63, 3.8) is 0 Å². The van der Waals surface area contributed by atoms with Crippen LogP contribution in [0.15, 0.2) is 42.5 Å². The zero-order valence-electron chi connectivity index (χ0n) is 15.2. The second-order valence-electron chi connectivity index (χ2n) is 6.47. The third-order valence-electron chi connectivity index (χ3n) is 4.63. The summed E-state index contributed by atoms with van der Waals surface area (Å²) >= 11 is 0. The summed E-state index contributed by atoms with van der Waals surface area (Å²) in [7, 11) is 1.66. The normalized spacial score (nSPS) is 15.0. The average molecular weight is 357 g/mol. The molecule has 1 fully saturated rings. The SMILES string of the molecule is COc1ccc(N2CCN(CC(=O)Nc3ccc(C)c(F)c3)CC2)cc1. The molecule has 26 heavy (non-hydrogen) atoms. The van der Waals surface area contributed by atoms with Crippen molar-refractivity contribution in [1.82, 2.24) is 4.90 Å². The Morgan fingerprint density at radius 3 is 2.42 bits per heavy atom. The first kappa shape index (κ1) is 18.2. The van der Waals surface area contributed by atoms with Crippen LogP contribution in [0.1, 0.15) is 5.56 Å². The molecule has 0 aromatic heterocycles. The number of anilines is 2. The molecule has 2 aromatic carbocycles. The van der Waals surface area contributed by atoms with Gasteiger partial charge in [-0.2, -0.15) is 0 Å². The number of rotatable bonds is 5. The van der Waals surface area contributed by atoms with E-state index in [0.717, 1.165) is 37.6 Å². The fourth-order valence-electron chi connectivity index (χ4n) is 3.03. The minimum absolute atomic E-state index is 0.119. The molecule has 138 valence electrons. The highest BCUT2D eigenvalue weighted by molar-refractivity contribution is 5.92. The van der Waals surface area contributed by atoms with Gasteiger partial charge >= 0.3 is 0 Å². The van der Waals surface area contributed by atoms with Gasteiger partial charge in [-0.05, 0) is 48.9 Å². The van der Waals surface area contributed by atoms with Gasteiger partial charge in [-0.3, -0.25) is 9.69 Å². The highest BCUT2D eigenvalue weighted by Crippen LogP contribution is 2.20. The van der Waals surface area contributed by atoms with Gasteiger partial charge in [0.15, 0.2) is 0 Å². The molecule has 5 nitrogen and oxygen atoms in total. The lowest BCUT2D eigenvalue weighted by molar-refractivity contribution is -0.117. The van der Waals surface area contributed by atoms with Crippen LogP contribution in [0.25, 0.3) is 0 Å². The van der Waals surface area contributed by atoms with Crippen molar-refractivity contribution < 1.29 is 13.9 Å². The second kappa shape index (κ2) is 8.19. The molecule has 6 heteroatoms. The maximum Gasteiger partial charge on any atom is 0.238 e. The van der Waals surface area contributed by atoms with Crippen molar-refractivity contribution in [2.45, 2.75) is 6.92 Å². The maximum atomic E-state index is 13.6. The first-order chi connectivity index (χ1) is 12.5. The van der Waals surface area contributed by atoms with Crippen LogP contribution in [0.4, 0.5) is 15.8 Å². The number of hydrogen-bond donors (Lipinski definition) is 1. The number of nitrogens with zero attached hydrogens (tertiary/aromatic N) is 2. The Balaban J connectivity index is 1.48. The molecular formula is C20H24FN3O2. The lowest BCUT2D eigenvalue weighted by Gasteiger charge is -2.35. The summed E-state index contributed by atoms with van der Waals surface area (Å²) in [5.41, 5.74) is 2.22. The summed E-state index contributed by atoms with van der Waals surface area (Å²) in [5, 5.41) is 2.76. The Bertz CT molecular complexity index is 756. The smallest absolute Gasteiger partial charge is 0.238 e. The number of carbonyl (C=O) groups excluding carboxylic acids is 1. The molecule has 1 amide bonds. The quantitative estimate of drug-likeness (QED) is 0.894. The van der Waals surface area contributed by atoms with E-state index in [1.807, 2.05) is 24.3 Å². The maximum absolute atomic E-state index is 13.6. The zero-order chi connectivity index (χ0) is 18.5. The van der Waals surface area contributed by atoms with Gasteiger partial charge in [-0.1, -0.05) is 6.07 Å². The number of halogens is 1. The molecule has 1 aliphatic heterocycles. The number of nitrogens with one attached hydrogen (secondary N) is 1. The Morgan fingerprint density at radius 1 is 1.12 bits per heavy atom. The van der Waals surface area contributed by atoms with E-state index in [4.69, 9.17) is 4.74 Å². The third-order valence-corrected chi connectivity index (χ3v) is 4.63. The van der Waals surface area contributed by atoms with Gasteiger partial charge < -0.3 is 15.0 Å². The molecule has 0 unspecified atom stereocenters. The van der Waals surface area contributed by atoms with Gasteiger partial charge in [0.05, 0.1) is 13.7 Å². The summed E-state index contributed by atoms with van der Waals surface area (Å²) in [6, 6.07) is 12.7. The predicted molar refractivity (Wildman–Crippen MR) is 101 cm³/mol. The summed E-state index contributed by atoms with van der Waals surface area (Å²) in [5.74, 6) is 0.415. The number of piperazine rings is 1. The standard InChI is InChI=1S/C20H24FN3O2/c1-15-3-4-16(13-19(15)21)22-20(25)14-23-9-11-24(12-10-23)17-5-7-18(26-2)8-6-17/h3-8,13H,9-12,14H2,1-2H3,(H,22,25). The number of methoxy groups -OCH3 is 1. The molecule has 2 aromatic rings. The topological polar surface area (TPSA) is 44.8 Å². The van der Waals surface area contributed by atoms with Gasteiger partial charge in [-0.25, -0.2) is 4.39 Å². The van der Waals surface area contributed by atoms with Crippen molar-refractivity contribution in [3.8, 4) is 5.75 Å². The molecule has 0 bridgehead atoms. The Kier molecular flexibility index (Phi) is 5.73. The van der Waals surface area contributed by atoms with Crippen LogP contribution < -0.4 is 15.0 Å². The van der Waals surface area contributed by atoms with Crippen LogP contribution in [0.3, 0.4) is 0 Å². The number of carbonyl (C=O) groups is 1. The van der Waals surface area contributed by atoms with Crippen LogP contribution in [-0.4, -0.2) is 50.6 Å². The predicted octanol–water partition coefficient (Wildman–Crippen LogP) is 2.90. The largest absolute Gasteiger partial charge is 0.497 e. The second-order valence-corrected chi connectivity index (χ2v) is 6.47. The van der Waals surface area contributed by atoms with E-state index in [0.29, 0.717) is 17.8 Å². The van der Waals surface area contributed by atoms with Crippen LogP contribution in [0, 0.1) is 12.7 Å². The van der Waals surface area contributed by atoms with Crippen molar-refractivity contribution >= 4 is 17.3 Å². The van der Waals surface area contributed by atoms with E-state index in [2.05, 4.69) is 15.1 Å². The molecule has 1 aliphatic rings. The number of amides is 1. The molecule has 0 aliphatic carbocycles. The summed E-state index contributed by atoms with van der Waals surface area (Å²) < 4.78 is 18.8. The van der Waals surface area contributed by atoms with Crippen molar-refractivity contribution in [1.29, 1.82) is 0 Å². The number of ether oxygens (including phenoxy) is 1. The van der Waals surface area contributed by atoms with E-state index in [-0.39, 0.29) is 11.7 Å². The fraction of sp³-hybridized carbons (Fsp3) is 0.350. The first-order valence-corrected chi connectivity index (χ1v) is 8.72. The molecule has 0 atom stereocenters. The Hall–Kier alpha value is -2.60. The summed E-state index contributed by atoms with van der Waals surface area (Å²) in [6.07, 6.45) is 0. The van der Waals surface area contributed by atoms with Gasteiger partial charge in [0, 0.05) is 37.6 Å². The highest BCUT2D eigenvalue weighted by atomic mass is 19.1. The molecule has 1 N–H and O–H groups in total. The summed E-state index contributed by atoms with van der Waals surface area (Å²) in [6.45, 7) is 5.34. The monoisotopic (exact) mass is 357 g/mol. The van der Waals surface area contributed by atoms with Gasteiger partial charge in [-0.15, -0.1) is 0 Å². The van der Waals surface area contributed by atoms with Crippen LogP contribution in [0.5, 0.6) is 5.75 Å². The van der Waals surface area contributed by atoms with Crippen LogP contribution >= 0.6 is 0 Å². The van der Waals surface area contributed by atoms with Gasteiger partial charge in [0.2, 0.25) is 5.91 Å². The Morgan fingerprint density at radius 2 is 1.81 bits per heavy atom. The molecule has 0 radical (unpaired) electrons. The fourth-order valence-corrected chi connectivity index (χ4v) is 3.03. The molecule has 1 saturated heterocycles. The average Bonchev–Trinajstić information content (AvgIpc) is 2.65. The third kappa shape index (κ3) is 4.52. The van der Waals surface area contributed by atoms with E-state index in [9.17, 15) is 9.18 Å². The molecule has 0 saturated carbocycles. The minimum Gasteiger partial charge on any atom is -0.497 e. The lowest BCUT2D eigenvalue weighted by atomic mass is 10.2. The highest BCUT2D eigenvalue weighted by Gasteiger charge is 2.19. The van der Waals surface area contributed by atoms with E-state index in [1.165, 1.54) is 6.07 Å².